The lowest BCUT2D eigenvalue weighted by atomic mass is 9.95. The van der Waals surface area contributed by atoms with Crippen LogP contribution in [0.3, 0.4) is 0 Å². The van der Waals surface area contributed by atoms with E-state index in [1.54, 1.807) is 48.5 Å². The third kappa shape index (κ3) is 4.58. The summed E-state index contributed by atoms with van der Waals surface area (Å²) in [6.07, 6.45) is 2.93. The molecule has 0 fully saturated rings. The third-order valence-electron chi connectivity index (χ3n) is 5.39. The van der Waals surface area contributed by atoms with Crippen molar-refractivity contribution in [3.8, 4) is 0 Å². The number of ketones is 1. The van der Waals surface area contributed by atoms with Gasteiger partial charge < -0.3 is 4.90 Å². The first-order valence-electron chi connectivity index (χ1n) is 9.99. The van der Waals surface area contributed by atoms with Crippen LogP contribution in [0.4, 0.5) is 5.69 Å². The van der Waals surface area contributed by atoms with Crippen molar-refractivity contribution in [2.45, 2.75) is 25.7 Å². The number of carbonyl (C=O) groups is 2. The average Bonchev–Trinajstić information content (AvgIpc) is 2.77. The van der Waals surface area contributed by atoms with Crippen LogP contribution in [0.25, 0.3) is 0 Å². The van der Waals surface area contributed by atoms with Crippen LogP contribution in [0.1, 0.15) is 44.7 Å². The fourth-order valence-corrected chi connectivity index (χ4v) is 4.15. The highest BCUT2D eigenvalue weighted by Gasteiger charge is 2.24. The first-order chi connectivity index (χ1) is 14.5. The van der Waals surface area contributed by atoms with E-state index < -0.39 is 0 Å². The van der Waals surface area contributed by atoms with E-state index in [1.807, 2.05) is 17.0 Å². The lowest BCUT2D eigenvalue weighted by Crippen LogP contribution is -2.35. The summed E-state index contributed by atoms with van der Waals surface area (Å²) in [4.78, 5) is 27.3. The van der Waals surface area contributed by atoms with E-state index in [-0.39, 0.29) is 11.7 Å². The number of nitrogens with zero attached hydrogens (tertiary/aromatic N) is 1. The van der Waals surface area contributed by atoms with E-state index in [2.05, 4.69) is 6.07 Å². The molecule has 0 aromatic heterocycles. The summed E-state index contributed by atoms with van der Waals surface area (Å²) in [5.74, 6) is 0.0614. The van der Waals surface area contributed by atoms with Gasteiger partial charge in [-0.25, -0.2) is 0 Å². The van der Waals surface area contributed by atoms with E-state index >= 15 is 0 Å². The number of aryl methyl sites for hydroxylation is 2. The molecule has 0 bridgehead atoms. The van der Waals surface area contributed by atoms with E-state index in [9.17, 15) is 9.59 Å². The van der Waals surface area contributed by atoms with Crippen molar-refractivity contribution in [2.24, 2.45) is 0 Å². The summed E-state index contributed by atoms with van der Waals surface area (Å²) >= 11 is 11.9. The van der Waals surface area contributed by atoms with Crippen LogP contribution in [0.5, 0.6) is 0 Å². The van der Waals surface area contributed by atoms with Crippen LogP contribution < -0.4 is 4.90 Å². The van der Waals surface area contributed by atoms with Crippen LogP contribution in [0.2, 0.25) is 10.0 Å². The molecule has 3 aromatic carbocycles. The number of halogens is 2. The molecule has 152 valence electrons. The highest BCUT2D eigenvalue weighted by molar-refractivity contribution is 6.31. The van der Waals surface area contributed by atoms with Gasteiger partial charge in [-0.2, -0.15) is 0 Å². The molecule has 1 aliphatic heterocycles. The molecule has 0 saturated heterocycles. The number of rotatable bonds is 5. The minimum atomic E-state index is -0.0379. The van der Waals surface area contributed by atoms with Crippen molar-refractivity contribution in [2.75, 3.05) is 11.4 Å². The molecule has 1 heterocycles. The summed E-state index contributed by atoms with van der Waals surface area (Å²) in [5, 5.41) is 1.18. The summed E-state index contributed by atoms with van der Waals surface area (Å²) in [7, 11) is 0. The average molecular weight is 438 g/mol. The second-order valence-electron chi connectivity index (χ2n) is 7.46. The Morgan fingerprint density at radius 2 is 1.67 bits per heavy atom. The van der Waals surface area contributed by atoms with Gasteiger partial charge in [0, 0.05) is 39.8 Å². The summed E-state index contributed by atoms with van der Waals surface area (Å²) in [6.45, 7) is 0.687. The molecule has 3 nitrogen and oxygen atoms in total. The second-order valence-corrected chi connectivity index (χ2v) is 8.34. The van der Waals surface area contributed by atoms with Crippen molar-refractivity contribution >= 4 is 40.6 Å². The van der Waals surface area contributed by atoms with Crippen LogP contribution in [-0.4, -0.2) is 18.2 Å². The van der Waals surface area contributed by atoms with Gasteiger partial charge in [0.05, 0.1) is 0 Å². The SMILES string of the molecule is O=C(CCc1ccc2c(c1)CCCN2C(=O)c1cccc(Cl)c1)c1ccc(Cl)cc1. The Labute approximate surface area is 186 Å². The molecule has 0 unspecified atom stereocenters. The van der Waals surface area contributed by atoms with Gasteiger partial charge in [0.1, 0.15) is 0 Å². The van der Waals surface area contributed by atoms with Crippen LogP contribution in [-0.2, 0) is 12.8 Å². The summed E-state index contributed by atoms with van der Waals surface area (Å²) in [5.41, 5.74) is 4.46. The molecule has 4 rings (SSSR count). The monoisotopic (exact) mass is 437 g/mol. The molecule has 30 heavy (non-hydrogen) atoms. The van der Waals surface area contributed by atoms with E-state index in [4.69, 9.17) is 23.2 Å². The highest BCUT2D eigenvalue weighted by Crippen LogP contribution is 2.30. The van der Waals surface area contributed by atoms with Gasteiger partial charge >= 0.3 is 0 Å². The van der Waals surface area contributed by atoms with Gasteiger partial charge in [0.15, 0.2) is 5.78 Å². The Morgan fingerprint density at radius 3 is 2.43 bits per heavy atom. The topological polar surface area (TPSA) is 37.4 Å². The Balaban J connectivity index is 1.48. The molecule has 0 aliphatic carbocycles. The minimum Gasteiger partial charge on any atom is -0.308 e. The van der Waals surface area contributed by atoms with Crippen LogP contribution in [0, 0.1) is 0 Å². The summed E-state index contributed by atoms with van der Waals surface area (Å²) < 4.78 is 0. The molecule has 1 amide bonds. The van der Waals surface area contributed by atoms with E-state index in [0.29, 0.717) is 40.6 Å². The Hall–Kier alpha value is -2.62. The van der Waals surface area contributed by atoms with Gasteiger partial charge in [-0.05, 0) is 78.9 Å². The van der Waals surface area contributed by atoms with Crippen LogP contribution in [0.15, 0.2) is 66.7 Å². The standard InChI is InChI=1S/C25H21Cl2NO2/c26-21-10-8-18(9-11-21)24(29)13-7-17-6-12-23-19(15-17)4-2-14-28(23)25(30)20-3-1-5-22(27)16-20/h1,3,5-6,8-12,15-16H,2,4,7,13-14H2. The minimum absolute atomic E-state index is 0.0379. The zero-order chi connectivity index (χ0) is 21.1. The first kappa shape index (κ1) is 20.6. The van der Waals surface area contributed by atoms with Gasteiger partial charge in [-0.3, -0.25) is 9.59 Å². The third-order valence-corrected chi connectivity index (χ3v) is 5.87. The van der Waals surface area contributed by atoms with Gasteiger partial charge in [-0.15, -0.1) is 0 Å². The lowest BCUT2D eigenvalue weighted by molar-refractivity contribution is 0.0976. The molecule has 0 N–H and O–H groups in total. The number of anilines is 1. The zero-order valence-electron chi connectivity index (χ0n) is 16.4. The highest BCUT2D eigenvalue weighted by atomic mass is 35.5. The van der Waals surface area contributed by atoms with Crippen molar-refractivity contribution in [1.29, 1.82) is 0 Å². The molecule has 0 saturated carbocycles. The molecular weight excluding hydrogens is 417 g/mol. The van der Waals surface area contributed by atoms with Crippen molar-refractivity contribution < 1.29 is 9.59 Å². The lowest BCUT2D eigenvalue weighted by Gasteiger charge is -2.30. The molecular formula is C25H21Cl2NO2. The maximum atomic E-state index is 13.0. The van der Waals surface area contributed by atoms with E-state index in [1.165, 1.54) is 0 Å². The number of carbonyl (C=O) groups excluding carboxylic acids is 2. The molecule has 0 atom stereocenters. The second kappa shape index (κ2) is 9.03. The largest absolute Gasteiger partial charge is 0.308 e. The van der Waals surface area contributed by atoms with Gasteiger partial charge in [-0.1, -0.05) is 41.4 Å². The predicted octanol–water partition coefficient (Wildman–Crippen LogP) is 6.40. The maximum absolute atomic E-state index is 13.0. The van der Waals surface area contributed by atoms with Crippen LogP contribution >= 0.6 is 23.2 Å². The zero-order valence-corrected chi connectivity index (χ0v) is 17.9. The Bertz CT molecular complexity index is 1090. The number of fused-ring (bicyclic) bond motifs is 1. The quantitative estimate of drug-likeness (QED) is 0.432. The Morgan fingerprint density at radius 1 is 0.867 bits per heavy atom. The molecule has 1 aliphatic rings. The molecule has 0 spiro atoms. The Kier molecular flexibility index (Phi) is 6.21. The summed E-state index contributed by atoms with van der Waals surface area (Å²) in [6, 6.07) is 20.2. The van der Waals surface area contributed by atoms with Crippen molar-refractivity contribution in [3.05, 3.63) is 99.0 Å². The number of amides is 1. The molecule has 0 radical (unpaired) electrons. The van der Waals surface area contributed by atoms with Crippen molar-refractivity contribution in [1.82, 2.24) is 0 Å². The fourth-order valence-electron chi connectivity index (χ4n) is 3.83. The maximum Gasteiger partial charge on any atom is 0.258 e. The smallest absolute Gasteiger partial charge is 0.258 e. The van der Waals surface area contributed by atoms with E-state index in [0.717, 1.165) is 29.7 Å². The number of hydrogen-bond donors (Lipinski definition) is 0. The number of hydrogen-bond acceptors (Lipinski definition) is 2. The fraction of sp³-hybridized carbons (Fsp3) is 0.200. The van der Waals surface area contributed by atoms with Crippen molar-refractivity contribution in [3.63, 3.8) is 0 Å². The van der Waals surface area contributed by atoms with Gasteiger partial charge in [0.25, 0.3) is 5.91 Å². The number of Topliss-reactive ketones (excluding diaryl/α,β-unsaturated/α-hetero) is 1. The molecule has 5 heteroatoms. The normalized spacial score (nSPS) is 13.1. The first-order valence-corrected chi connectivity index (χ1v) is 10.7. The number of benzene rings is 3. The molecule has 3 aromatic rings. The van der Waals surface area contributed by atoms with Gasteiger partial charge in [0.2, 0.25) is 0 Å². The predicted molar refractivity (Wildman–Crippen MR) is 122 cm³/mol.